The van der Waals surface area contributed by atoms with Gasteiger partial charge in [0, 0.05) is 41.7 Å². The van der Waals surface area contributed by atoms with E-state index >= 15 is 0 Å². The van der Waals surface area contributed by atoms with E-state index in [4.69, 9.17) is 16.6 Å². The van der Waals surface area contributed by atoms with Crippen molar-refractivity contribution >= 4 is 23.1 Å². The van der Waals surface area contributed by atoms with E-state index < -0.39 is 0 Å². The van der Waals surface area contributed by atoms with Gasteiger partial charge in [0.1, 0.15) is 5.69 Å². The van der Waals surface area contributed by atoms with Gasteiger partial charge in [0.25, 0.3) is 0 Å². The molecule has 1 atom stereocenters. The Kier molecular flexibility index (Phi) is 5.15. The minimum atomic E-state index is 0.109. The summed E-state index contributed by atoms with van der Waals surface area (Å²) >= 11 is 6.45. The molecule has 33 heavy (non-hydrogen) atoms. The van der Waals surface area contributed by atoms with Crippen molar-refractivity contribution in [3.05, 3.63) is 81.6 Å². The third-order valence-corrected chi connectivity index (χ3v) is 7.46. The second kappa shape index (κ2) is 8.19. The number of carbonyl (C=O) groups is 1. The molecule has 6 rings (SSSR count). The Balaban J connectivity index is 1.10. The maximum absolute atomic E-state index is 12.6. The van der Waals surface area contributed by atoms with Crippen molar-refractivity contribution in [3.8, 4) is 0 Å². The molecule has 0 N–H and O–H groups in total. The zero-order chi connectivity index (χ0) is 22.5. The van der Waals surface area contributed by atoms with E-state index in [0.717, 1.165) is 42.2 Å². The van der Waals surface area contributed by atoms with Crippen molar-refractivity contribution in [2.24, 2.45) is 10.9 Å². The van der Waals surface area contributed by atoms with Gasteiger partial charge < -0.3 is 0 Å². The van der Waals surface area contributed by atoms with Crippen LogP contribution in [0.3, 0.4) is 0 Å². The van der Waals surface area contributed by atoms with Gasteiger partial charge in [-0.15, -0.1) is 5.10 Å². The second-order valence-corrected chi connectivity index (χ2v) is 9.91. The fourth-order valence-corrected chi connectivity index (χ4v) is 5.13. The Morgan fingerprint density at radius 3 is 2.76 bits per heavy atom. The topological polar surface area (TPSA) is 63.4 Å². The van der Waals surface area contributed by atoms with Crippen molar-refractivity contribution < 1.29 is 4.79 Å². The summed E-state index contributed by atoms with van der Waals surface area (Å²) in [5, 5.41) is 8.94. The van der Waals surface area contributed by atoms with Gasteiger partial charge in [-0.25, -0.2) is 4.68 Å². The highest BCUT2D eigenvalue weighted by Gasteiger charge is 2.34. The first-order chi connectivity index (χ1) is 16.1. The third kappa shape index (κ3) is 3.91. The number of hydrogen-bond acceptors (Lipinski definition) is 5. The smallest absolute Gasteiger partial charge is 0.185 e. The molecule has 1 aromatic heterocycles. The lowest BCUT2D eigenvalue weighted by Gasteiger charge is -2.43. The first kappa shape index (κ1) is 20.8. The first-order valence-corrected chi connectivity index (χ1v) is 12.1. The summed E-state index contributed by atoms with van der Waals surface area (Å²) in [6.45, 7) is 4.78. The molecule has 0 bridgehead atoms. The van der Waals surface area contributed by atoms with Crippen LogP contribution in [0.2, 0.25) is 5.02 Å². The minimum absolute atomic E-state index is 0.109. The molecule has 1 unspecified atom stereocenters. The van der Waals surface area contributed by atoms with Crippen LogP contribution in [-0.4, -0.2) is 44.5 Å². The Morgan fingerprint density at radius 1 is 1.15 bits per heavy atom. The van der Waals surface area contributed by atoms with Gasteiger partial charge in [-0.05, 0) is 48.9 Å². The van der Waals surface area contributed by atoms with Crippen LogP contribution < -0.4 is 0 Å². The third-order valence-electron chi connectivity index (χ3n) is 7.13. The molecule has 1 saturated carbocycles. The quantitative estimate of drug-likeness (QED) is 0.472. The highest BCUT2D eigenvalue weighted by Crippen LogP contribution is 2.35. The van der Waals surface area contributed by atoms with Crippen molar-refractivity contribution in [3.63, 3.8) is 0 Å². The SMILES string of the molecule is CC(c1ccc2c(c1)C(c1ccccc1Cl)=NC2)N1CC(CC(=O)c2cn(C3CC3)nn2)C1. The molecule has 168 valence electrons. The van der Waals surface area contributed by atoms with E-state index in [1.807, 2.05) is 35.1 Å². The molecule has 3 aromatic rings. The number of ketones is 1. The van der Waals surface area contributed by atoms with E-state index in [2.05, 4.69) is 40.3 Å². The number of hydrogen-bond donors (Lipinski definition) is 0. The fourth-order valence-electron chi connectivity index (χ4n) is 4.90. The molecule has 6 nitrogen and oxygen atoms in total. The van der Waals surface area contributed by atoms with E-state index in [-0.39, 0.29) is 11.8 Å². The molecule has 7 heteroatoms. The Morgan fingerprint density at radius 2 is 1.97 bits per heavy atom. The predicted molar refractivity (Wildman–Crippen MR) is 128 cm³/mol. The number of aromatic nitrogens is 3. The van der Waals surface area contributed by atoms with Gasteiger partial charge in [-0.3, -0.25) is 14.7 Å². The van der Waals surface area contributed by atoms with Crippen molar-refractivity contribution in [2.75, 3.05) is 13.1 Å². The van der Waals surface area contributed by atoms with Gasteiger partial charge in [0.15, 0.2) is 5.78 Å². The average Bonchev–Trinajstić information content (AvgIpc) is 3.37. The Labute approximate surface area is 198 Å². The Hall–Kier alpha value is -2.83. The molecule has 3 aliphatic rings. The van der Waals surface area contributed by atoms with Gasteiger partial charge >= 0.3 is 0 Å². The largest absolute Gasteiger partial charge is 0.296 e. The highest BCUT2D eigenvalue weighted by molar-refractivity contribution is 6.35. The zero-order valence-electron chi connectivity index (χ0n) is 18.6. The number of benzene rings is 2. The standard InChI is InChI=1S/C26H26ClN5O/c1-16(31-13-17(14-31)10-25(33)24-15-32(30-29-24)20-8-9-20)18-6-7-19-12-28-26(22(19)11-18)21-4-2-3-5-23(21)27/h2-7,11,15-17,20H,8-10,12-14H2,1H3. The highest BCUT2D eigenvalue weighted by atomic mass is 35.5. The number of halogens is 1. The molecule has 1 saturated heterocycles. The van der Waals surface area contributed by atoms with Crippen LogP contribution in [0.5, 0.6) is 0 Å². The summed E-state index contributed by atoms with van der Waals surface area (Å²) in [6, 6.07) is 15.3. The van der Waals surface area contributed by atoms with Crippen LogP contribution in [0.4, 0.5) is 0 Å². The number of likely N-dealkylation sites (tertiary alicyclic amines) is 1. The molecule has 3 heterocycles. The lowest BCUT2D eigenvalue weighted by Crippen LogP contribution is -2.48. The predicted octanol–water partition coefficient (Wildman–Crippen LogP) is 4.88. The van der Waals surface area contributed by atoms with Gasteiger partial charge in [0.2, 0.25) is 0 Å². The van der Waals surface area contributed by atoms with Crippen LogP contribution in [0.25, 0.3) is 0 Å². The molecule has 2 aliphatic heterocycles. The van der Waals surface area contributed by atoms with Gasteiger partial charge in [-0.2, -0.15) is 0 Å². The lowest BCUT2D eigenvalue weighted by molar-refractivity contribution is 0.0502. The minimum Gasteiger partial charge on any atom is -0.296 e. The Bertz CT molecular complexity index is 1260. The molecule has 0 spiro atoms. The number of rotatable bonds is 7. The number of fused-ring (bicyclic) bond motifs is 1. The molecule has 0 radical (unpaired) electrons. The van der Waals surface area contributed by atoms with Crippen LogP contribution in [0, 0.1) is 5.92 Å². The fraction of sp³-hybridized carbons (Fsp3) is 0.385. The summed E-state index contributed by atoms with van der Waals surface area (Å²) in [6.07, 6.45) is 4.64. The molecule has 2 aromatic carbocycles. The van der Waals surface area contributed by atoms with Crippen molar-refractivity contribution in [2.45, 2.75) is 44.8 Å². The zero-order valence-corrected chi connectivity index (χ0v) is 19.4. The normalized spacial score (nSPS) is 19.2. The van der Waals surface area contributed by atoms with E-state index in [0.29, 0.717) is 30.6 Å². The summed E-state index contributed by atoms with van der Waals surface area (Å²) < 4.78 is 1.84. The van der Waals surface area contributed by atoms with E-state index in [1.165, 1.54) is 16.7 Å². The molecule has 1 aliphatic carbocycles. The molecule has 0 amide bonds. The van der Waals surface area contributed by atoms with Crippen LogP contribution in [-0.2, 0) is 6.54 Å². The monoisotopic (exact) mass is 459 g/mol. The van der Waals surface area contributed by atoms with Gasteiger partial charge in [0.05, 0.1) is 24.5 Å². The number of aliphatic imine (C=N–C) groups is 1. The van der Waals surface area contributed by atoms with Crippen LogP contribution in [0.1, 0.15) is 71.0 Å². The maximum atomic E-state index is 12.6. The average molecular weight is 460 g/mol. The second-order valence-electron chi connectivity index (χ2n) is 9.50. The molecular formula is C26H26ClN5O. The van der Waals surface area contributed by atoms with Crippen molar-refractivity contribution in [1.29, 1.82) is 0 Å². The van der Waals surface area contributed by atoms with Crippen LogP contribution in [0.15, 0.2) is 53.7 Å². The maximum Gasteiger partial charge on any atom is 0.185 e. The van der Waals surface area contributed by atoms with Crippen LogP contribution >= 0.6 is 11.6 Å². The first-order valence-electron chi connectivity index (χ1n) is 11.7. The number of Topliss-reactive ketones (excluding diaryl/α,β-unsaturated/α-hetero) is 1. The van der Waals surface area contributed by atoms with E-state index in [9.17, 15) is 4.79 Å². The number of carbonyl (C=O) groups excluding carboxylic acids is 1. The number of nitrogens with zero attached hydrogens (tertiary/aromatic N) is 5. The van der Waals surface area contributed by atoms with Crippen molar-refractivity contribution in [1.82, 2.24) is 19.9 Å². The summed E-state index contributed by atoms with van der Waals surface area (Å²) in [4.78, 5) is 19.8. The van der Waals surface area contributed by atoms with E-state index in [1.54, 1.807) is 0 Å². The summed E-state index contributed by atoms with van der Waals surface area (Å²) in [5.74, 6) is 0.484. The summed E-state index contributed by atoms with van der Waals surface area (Å²) in [7, 11) is 0. The molecule has 2 fully saturated rings. The molecular weight excluding hydrogens is 434 g/mol. The lowest BCUT2D eigenvalue weighted by atomic mass is 9.89. The summed E-state index contributed by atoms with van der Waals surface area (Å²) in [5.41, 5.74) is 6.18. The van der Waals surface area contributed by atoms with Gasteiger partial charge in [-0.1, -0.05) is 47.1 Å².